The van der Waals surface area contributed by atoms with Crippen LogP contribution in [0.1, 0.15) is 79.5 Å². The van der Waals surface area contributed by atoms with Gasteiger partial charge in [0, 0.05) is 49.6 Å². The minimum atomic E-state index is -0.651. The molecule has 4 aliphatic heterocycles. The van der Waals surface area contributed by atoms with Crippen LogP contribution in [0.4, 0.5) is 4.79 Å². The molecule has 10 nitrogen and oxygen atoms in total. The molecule has 7 rings (SSSR count). The van der Waals surface area contributed by atoms with Gasteiger partial charge < -0.3 is 25.0 Å². The van der Waals surface area contributed by atoms with E-state index in [4.69, 9.17) is 0 Å². The Balaban J connectivity index is 1.03. The number of aromatic nitrogens is 3. The predicted octanol–water partition coefficient (Wildman–Crippen LogP) is 4.58. The summed E-state index contributed by atoms with van der Waals surface area (Å²) in [6.07, 6.45) is 11.7. The van der Waals surface area contributed by atoms with Crippen molar-refractivity contribution < 1.29 is 9.59 Å². The Hall–Kier alpha value is -3.31. The molecule has 3 aromatic rings. The van der Waals surface area contributed by atoms with Crippen molar-refractivity contribution in [3.05, 3.63) is 57.0 Å². The molecule has 0 aliphatic carbocycles. The molecule has 0 radical (unpaired) electrons. The minimum absolute atomic E-state index is 0.00346. The third kappa shape index (κ3) is 6.72. The minimum Gasteiger partial charge on any atom is -0.341 e. The molecule has 246 valence electrons. The predicted molar refractivity (Wildman–Crippen MR) is 182 cm³/mol. The summed E-state index contributed by atoms with van der Waals surface area (Å²) >= 11 is 1.73. The second kappa shape index (κ2) is 13.8. The molecule has 3 N–H and O–H groups in total. The quantitative estimate of drug-likeness (QED) is 0.362. The van der Waals surface area contributed by atoms with Gasteiger partial charge in [-0.1, -0.05) is 12.5 Å². The van der Waals surface area contributed by atoms with E-state index >= 15 is 0 Å². The summed E-state index contributed by atoms with van der Waals surface area (Å²) in [5.74, 6) is 1.19. The van der Waals surface area contributed by atoms with E-state index in [0.29, 0.717) is 25.6 Å². The number of thioether (sulfide) groups is 1. The number of likely N-dealkylation sites (tertiary alicyclic amines) is 3. The van der Waals surface area contributed by atoms with Crippen LogP contribution < -0.4 is 10.9 Å². The third-order valence-electron chi connectivity index (χ3n) is 10.7. The van der Waals surface area contributed by atoms with Crippen molar-refractivity contribution in [2.24, 2.45) is 0 Å². The first-order valence-electron chi connectivity index (χ1n) is 17.3. The fraction of sp³-hybridized carbons (Fsp3) is 0.600. The highest BCUT2D eigenvalue weighted by Gasteiger charge is 2.34. The Morgan fingerprint density at radius 2 is 1.74 bits per heavy atom. The van der Waals surface area contributed by atoms with Crippen LogP contribution in [0, 0.1) is 6.92 Å². The molecule has 46 heavy (non-hydrogen) atoms. The lowest BCUT2D eigenvalue weighted by Crippen LogP contribution is -2.56. The highest BCUT2D eigenvalue weighted by molar-refractivity contribution is 7.99. The molecule has 4 aliphatic rings. The number of carbonyl (C=O) groups is 2. The van der Waals surface area contributed by atoms with Gasteiger partial charge in [0.05, 0.1) is 16.7 Å². The zero-order chi connectivity index (χ0) is 31.6. The van der Waals surface area contributed by atoms with Crippen LogP contribution in [-0.4, -0.2) is 98.9 Å². The maximum atomic E-state index is 14.1. The number of urea groups is 1. The summed E-state index contributed by atoms with van der Waals surface area (Å²) < 4.78 is 0. The molecule has 0 saturated carbocycles. The molecule has 1 atom stereocenters. The maximum absolute atomic E-state index is 14.1. The molecule has 0 unspecified atom stereocenters. The number of H-pyrrole nitrogens is 2. The fourth-order valence-corrected chi connectivity index (χ4v) is 9.09. The van der Waals surface area contributed by atoms with Crippen molar-refractivity contribution in [1.29, 1.82) is 0 Å². The van der Waals surface area contributed by atoms with Crippen molar-refractivity contribution in [2.75, 3.05) is 45.0 Å². The first kappa shape index (κ1) is 31.3. The van der Waals surface area contributed by atoms with Gasteiger partial charge in [0.25, 0.3) is 5.56 Å². The number of aryl methyl sites for hydroxylation is 2. The van der Waals surface area contributed by atoms with Gasteiger partial charge in [-0.2, -0.15) is 5.10 Å². The summed E-state index contributed by atoms with van der Waals surface area (Å²) in [6, 6.07) is 5.98. The Morgan fingerprint density at radius 3 is 2.52 bits per heavy atom. The van der Waals surface area contributed by atoms with Crippen LogP contribution in [0.2, 0.25) is 0 Å². The summed E-state index contributed by atoms with van der Waals surface area (Å²) in [6.45, 7) is 6.96. The zero-order valence-electron chi connectivity index (χ0n) is 27.0. The van der Waals surface area contributed by atoms with Crippen molar-refractivity contribution in [2.45, 2.75) is 94.2 Å². The summed E-state index contributed by atoms with van der Waals surface area (Å²) in [4.78, 5) is 50.3. The Bertz CT molecular complexity index is 1610. The first-order valence-corrected chi connectivity index (χ1v) is 18.3. The second-order valence-corrected chi connectivity index (χ2v) is 14.8. The summed E-state index contributed by atoms with van der Waals surface area (Å²) in [5.41, 5.74) is 5.19. The number of rotatable bonds is 6. The molecule has 11 heteroatoms. The molecular formula is C35H47N7O3S. The normalized spacial score (nSPS) is 20.9. The first-order chi connectivity index (χ1) is 22.4. The van der Waals surface area contributed by atoms with Crippen molar-refractivity contribution in [3.8, 4) is 0 Å². The van der Waals surface area contributed by atoms with E-state index in [9.17, 15) is 14.4 Å². The topological polar surface area (TPSA) is 117 Å². The zero-order valence-corrected chi connectivity index (χ0v) is 27.8. The van der Waals surface area contributed by atoms with E-state index in [1.54, 1.807) is 11.8 Å². The largest absolute Gasteiger partial charge is 0.341 e. The lowest BCUT2D eigenvalue weighted by molar-refractivity contribution is -0.134. The number of amides is 3. The molecule has 3 fully saturated rings. The van der Waals surface area contributed by atoms with E-state index in [1.165, 1.54) is 37.9 Å². The molecule has 2 aromatic heterocycles. The SMILES string of the molecule is Cc1cc(C[C@@H](NC(=O)N2CCC(c3cc4c([nH]c3=O)SCCC4)CC2)C(=O)N2CCC(N3CCCCC3)CC2)cc2cn[nH]c12. The standard InChI is InChI=1S/C35H47N7O3S/c1-23-18-24(19-27-22-36-39-31(23)27)20-30(34(44)41-15-9-28(10-16-41)40-11-3-2-4-12-40)37-35(45)42-13-7-25(8-14-42)29-21-26-6-5-17-46-33(26)38-32(29)43/h18-19,21-22,25,28,30H,2-17,20H2,1H3,(H,36,39)(H,37,45)(H,38,43)/t30-/m1/s1. The summed E-state index contributed by atoms with van der Waals surface area (Å²) in [7, 11) is 0. The van der Waals surface area contributed by atoms with Gasteiger partial charge in [-0.3, -0.25) is 14.7 Å². The van der Waals surface area contributed by atoms with Crippen molar-refractivity contribution in [3.63, 3.8) is 0 Å². The average molecular weight is 646 g/mol. The van der Waals surface area contributed by atoms with Gasteiger partial charge in [0.15, 0.2) is 0 Å². The Labute approximate surface area is 275 Å². The molecular weight excluding hydrogens is 598 g/mol. The smallest absolute Gasteiger partial charge is 0.318 e. The monoisotopic (exact) mass is 645 g/mol. The van der Waals surface area contributed by atoms with Gasteiger partial charge in [-0.25, -0.2) is 4.79 Å². The molecule has 3 amide bonds. The number of nitrogens with zero attached hydrogens (tertiary/aromatic N) is 4. The molecule has 3 saturated heterocycles. The Morgan fingerprint density at radius 1 is 0.978 bits per heavy atom. The van der Waals surface area contributed by atoms with Gasteiger partial charge in [0.1, 0.15) is 6.04 Å². The van der Waals surface area contributed by atoms with Crippen molar-refractivity contribution in [1.82, 2.24) is 35.2 Å². The van der Waals surface area contributed by atoms with Crippen LogP contribution in [-0.2, 0) is 17.6 Å². The molecule has 0 bridgehead atoms. The van der Waals surface area contributed by atoms with Gasteiger partial charge in [-0.05, 0) is 112 Å². The lowest BCUT2D eigenvalue weighted by Gasteiger charge is -2.41. The number of aromatic amines is 2. The van der Waals surface area contributed by atoms with E-state index < -0.39 is 6.04 Å². The van der Waals surface area contributed by atoms with Crippen LogP contribution >= 0.6 is 11.8 Å². The number of carbonyl (C=O) groups excluding carboxylic acids is 2. The van der Waals surface area contributed by atoms with Gasteiger partial charge >= 0.3 is 6.03 Å². The van der Waals surface area contributed by atoms with Crippen LogP contribution in [0.3, 0.4) is 0 Å². The van der Waals surface area contributed by atoms with E-state index in [2.05, 4.69) is 43.6 Å². The van der Waals surface area contributed by atoms with Crippen LogP contribution in [0.15, 0.2) is 34.2 Å². The number of piperidine rings is 3. The number of hydrogen-bond acceptors (Lipinski definition) is 6. The maximum Gasteiger partial charge on any atom is 0.318 e. The molecule has 6 heterocycles. The number of benzene rings is 1. The molecule has 1 aromatic carbocycles. The van der Waals surface area contributed by atoms with E-state index in [0.717, 1.165) is 90.0 Å². The summed E-state index contributed by atoms with van der Waals surface area (Å²) in [5, 5.41) is 12.4. The third-order valence-corrected chi connectivity index (χ3v) is 11.8. The van der Waals surface area contributed by atoms with E-state index in [1.807, 2.05) is 22.9 Å². The lowest BCUT2D eigenvalue weighted by atomic mass is 9.89. The van der Waals surface area contributed by atoms with Gasteiger partial charge in [0.2, 0.25) is 5.91 Å². The Kier molecular flexibility index (Phi) is 9.40. The van der Waals surface area contributed by atoms with Crippen LogP contribution in [0.5, 0.6) is 0 Å². The highest BCUT2D eigenvalue weighted by Crippen LogP contribution is 2.32. The fourth-order valence-electron chi connectivity index (χ4n) is 8.08. The molecule has 0 spiro atoms. The second-order valence-electron chi connectivity index (χ2n) is 13.7. The van der Waals surface area contributed by atoms with Crippen LogP contribution in [0.25, 0.3) is 10.9 Å². The van der Waals surface area contributed by atoms with E-state index in [-0.39, 0.29) is 23.4 Å². The number of fused-ring (bicyclic) bond motifs is 2. The van der Waals surface area contributed by atoms with Crippen molar-refractivity contribution >= 4 is 34.6 Å². The average Bonchev–Trinajstić information content (AvgIpc) is 3.57. The number of nitrogens with one attached hydrogen (secondary N) is 3. The number of pyridine rings is 1. The number of hydrogen-bond donors (Lipinski definition) is 3. The highest BCUT2D eigenvalue weighted by atomic mass is 32.2. The van der Waals surface area contributed by atoms with Gasteiger partial charge in [-0.15, -0.1) is 11.8 Å².